The van der Waals surface area contributed by atoms with E-state index in [0.29, 0.717) is 12.1 Å². The van der Waals surface area contributed by atoms with Crippen LogP contribution in [-0.4, -0.2) is 42.3 Å². The minimum Gasteiger partial charge on any atom is -0.396 e. The van der Waals surface area contributed by atoms with Gasteiger partial charge in [0.05, 0.1) is 0 Å². The zero-order valence-electron chi connectivity index (χ0n) is 13.5. The number of hydrogen-bond donors (Lipinski definition) is 2. The third-order valence-electron chi connectivity index (χ3n) is 3.76. The Morgan fingerprint density at radius 2 is 1.86 bits per heavy atom. The van der Waals surface area contributed by atoms with Crippen molar-refractivity contribution in [3.63, 3.8) is 0 Å². The van der Waals surface area contributed by atoms with Crippen molar-refractivity contribution in [3.05, 3.63) is 34.3 Å². The Bertz CT molecular complexity index is 381. The largest absolute Gasteiger partial charge is 0.396 e. The highest BCUT2D eigenvalue weighted by atomic mass is 79.9. The van der Waals surface area contributed by atoms with Gasteiger partial charge in [0.15, 0.2) is 0 Å². The lowest BCUT2D eigenvalue weighted by molar-refractivity contribution is 0.184. The number of nitrogens with one attached hydrogen (secondary N) is 1. The molecule has 0 fully saturated rings. The molecular formula is C17H29BrN2O. The Morgan fingerprint density at radius 1 is 1.19 bits per heavy atom. The summed E-state index contributed by atoms with van der Waals surface area (Å²) in [4.78, 5) is 2.44. The molecule has 1 atom stereocenters. The van der Waals surface area contributed by atoms with Crippen LogP contribution in [0.25, 0.3) is 0 Å². The molecule has 0 spiro atoms. The summed E-state index contributed by atoms with van der Waals surface area (Å²) >= 11 is 3.49. The summed E-state index contributed by atoms with van der Waals surface area (Å²) in [6.45, 7) is 9.85. The molecule has 1 unspecified atom stereocenters. The first-order valence-electron chi connectivity index (χ1n) is 7.92. The summed E-state index contributed by atoms with van der Waals surface area (Å²) in [5.41, 5.74) is 1.34. The van der Waals surface area contributed by atoms with Crippen molar-refractivity contribution in [2.24, 2.45) is 0 Å². The van der Waals surface area contributed by atoms with Gasteiger partial charge >= 0.3 is 0 Å². The Morgan fingerprint density at radius 3 is 2.38 bits per heavy atom. The molecule has 1 aromatic rings. The van der Waals surface area contributed by atoms with Gasteiger partial charge in [-0.05, 0) is 50.9 Å². The van der Waals surface area contributed by atoms with E-state index in [2.05, 4.69) is 71.2 Å². The molecule has 0 aliphatic heterocycles. The van der Waals surface area contributed by atoms with Gasteiger partial charge < -0.3 is 15.3 Å². The number of aliphatic hydroxyl groups excluding tert-OH is 1. The molecule has 21 heavy (non-hydrogen) atoms. The molecule has 0 aliphatic rings. The van der Waals surface area contributed by atoms with E-state index >= 15 is 0 Å². The monoisotopic (exact) mass is 356 g/mol. The van der Waals surface area contributed by atoms with Gasteiger partial charge in [-0.1, -0.05) is 35.0 Å². The van der Waals surface area contributed by atoms with Crippen LogP contribution in [0, 0.1) is 0 Å². The standard InChI is InChI=1S/C17H29BrN2O/c1-4-19-17(15-6-8-16(18)9-7-15)10-12-20(14(2)3)11-5-13-21/h6-9,14,17,19,21H,4-5,10-13H2,1-3H3. The molecule has 0 bridgehead atoms. The first kappa shape index (κ1) is 18.6. The van der Waals surface area contributed by atoms with E-state index in [-0.39, 0.29) is 6.61 Å². The van der Waals surface area contributed by atoms with Gasteiger partial charge in [0, 0.05) is 36.3 Å². The second-order valence-electron chi connectivity index (χ2n) is 5.66. The van der Waals surface area contributed by atoms with Crippen molar-refractivity contribution in [2.45, 2.75) is 45.7 Å². The molecular weight excluding hydrogens is 328 g/mol. The number of nitrogens with zero attached hydrogens (tertiary/aromatic N) is 1. The third-order valence-corrected chi connectivity index (χ3v) is 4.29. The van der Waals surface area contributed by atoms with E-state index in [1.807, 2.05) is 0 Å². The molecule has 0 amide bonds. The topological polar surface area (TPSA) is 35.5 Å². The fraction of sp³-hybridized carbons (Fsp3) is 0.647. The molecule has 0 radical (unpaired) electrons. The van der Waals surface area contributed by atoms with E-state index in [1.54, 1.807) is 0 Å². The van der Waals surface area contributed by atoms with Crippen molar-refractivity contribution in [1.29, 1.82) is 0 Å². The SMILES string of the molecule is CCNC(CCN(CCCO)C(C)C)c1ccc(Br)cc1. The van der Waals surface area contributed by atoms with Gasteiger partial charge in [-0.2, -0.15) is 0 Å². The smallest absolute Gasteiger partial charge is 0.0443 e. The number of hydrogen-bond acceptors (Lipinski definition) is 3. The molecule has 1 aromatic carbocycles. The van der Waals surface area contributed by atoms with Crippen LogP contribution in [0.2, 0.25) is 0 Å². The van der Waals surface area contributed by atoms with Gasteiger partial charge in [0.2, 0.25) is 0 Å². The second-order valence-corrected chi connectivity index (χ2v) is 6.57. The highest BCUT2D eigenvalue weighted by Crippen LogP contribution is 2.20. The van der Waals surface area contributed by atoms with Gasteiger partial charge in [-0.25, -0.2) is 0 Å². The average Bonchev–Trinajstić information content (AvgIpc) is 2.46. The van der Waals surface area contributed by atoms with E-state index in [9.17, 15) is 0 Å². The van der Waals surface area contributed by atoms with E-state index < -0.39 is 0 Å². The highest BCUT2D eigenvalue weighted by Gasteiger charge is 2.14. The van der Waals surface area contributed by atoms with Crippen LogP contribution in [0.4, 0.5) is 0 Å². The molecule has 0 aliphatic carbocycles. The molecule has 3 nitrogen and oxygen atoms in total. The summed E-state index contributed by atoms with van der Waals surface area (Å²) in [5, 5.41) is 12.6. The Balaban J connectivity index is 2.62. The average molecular weight is 357 g/mol. The minimum absolute atomic E-state index is 0.270. The third kappa shape index (κ3) is 6.92. The summed E-state index contributed by atoms with van der Waals surface area (Å²) in [6, 6.07) is 9.48. The number of benzene rings is 1. The maximum atomic E-state index is 9.02. The van der Waals surface area contributed by atoms with Crippen LogP contribution in [0.15, 0.2) is 28.7 Å². The maximum Gasteiger partial charge on any atom is 0.0443 e. The molecule has 4 heteroatoms. The van der Waals surface area contributed by atoms with Crippen LogP contribution >= 0.6 is 15.9 Å². The first-order chi connectivity index (χ1) is 10.1. The molecule has 1 rings (SSSR count). The number of rotatable bonds is 10. The lowest BCUT2D eigenvalue weighted by Crippen LogP contribution is -2.35. The molecule has 120 valence electrons. The Labute approximate surface area is 137 Å². The van der Waals surface area contributed by atoms with Crippen LogP contribution in [0.3, 0.4) is 0 Å². The second kappa shape index (κ2) is 10.3. The van der Waals surface area contributed by atoms with Crippen LogP contribution in [-0.2, 0) is 0 Å². The Kier molecular flexibility index (Phi) is 9.16. The lowest BCUT2D eigenvalue weighted by Gasteiger charge is -2.28. The van der Waals surface area contributed by atoms with Crippen molar-refractivity contribution in [1.82, 2.24) is 10.2 Å². The molecule has 0 saturated carbocycles. The zero-order chi connectivity index (χ0) is 15.7. The molecule has 0 heterocycles. The van der Waals surface area contributed by atoms with Crippen molar-refractivity contribution >= 4 is 15.9 Å². The normalized spacial score (nSPS) is 13.1. The zero-order valence-corrected chi connectivity index (χ0v) is 15.1. The Hall–Kier alpha value is -0.420. The molecule has 2 N–H and O–H groups in total. The van der Waals surface area contributed by atoms with Crippen LogP contribution < -0.4 is 5.32 Å². The quantitative estimate of drug-likeness (QED) is 0.672. The summed E-state index contributed by atoms with van der Waals surface area (Å²) in [7, 11) is 0. The summed E-state index contributed by atoms with van der Waals surface area (Å²) < 4.78 is 1.12. The van der Waals surface area contributed by atoms with Crippen LogP contribution in [0.5, 0.6) is 0 Å². The van der Waals surface area contributed by atoms with Gasteiger partial charge in [0.25, 0.3) is 0 Å². The van der Waals surface area contributed by atoms with Crippen molar-refractivity contribution in [2.75, 3.05) is 26.2 Å². The van der Waals surface area contributed by atoms with Crippen LogP contribution in [0.1, 0.15) is 45.2 Å². The minimum atomic E-state index is 0.270. The van der Waals surface area contributed by atoms with Crippen molar-refractivity contribution < 1.29 is 5.11 Å². The van der Waals surface area contributed by atoms with Gasteiger partial charge in [0.1, 0.15) is 0 Å². The van der Waals surface area contributed by atoms with Gasteiger partial charge in [-0.3, -0.25) is 0 Å². The molecule has 0 aromatic heterocycles. The highest BCUT2D eigenvalue weighted by molar-refractivity contribution is 9.10. The van der Waals surface area contributed by atoms with Crippen molar-refractivity contribution in [3.8, 4) is 0 Å². The number of aliphatic hydroxyl groups is 1. The predicted molar refractivity (Wildman–Crippen MR) is 93.6 cm³/mol. The molecule has 0 saturated heterocycles. The van der Waals surface area contributed by atoms with E-state index in [1.165, 1.54) is 5.56 Å². The van der Waals surface area contributed by atoms with E-state index in [0.717, 1.165) is 36.9 Å². The summed E-state index contributed by atoms with van der Waals surface area (Å²) in [5.74, 6) is 0. The first-order valence-corrected chi connectivity index (χ1v) is 8.71. The lowest BCUT2D eigenvalue weighted by atomic mass is 10.0. The van der Waals surface area contributed by atoms with Gasteiger partial charge in [-0.15, -0.1) is 0 Å². The maximum absolute atomic E-state index is 9.02. The predicted octanol–water partition coefficient (Wildman–Crippen LogP) is 3.58. The fourth-order valence-electron chi connectivity index (χ4n) is 2.52. The van der Waals surface area contributed by atoms with E-state index in [4.69, 9.17) is 5.11 Å². The summed E-state index contributed by atoms with van der Waals surface area (Å²) in [6.07, 6.45) is 1.93. The fourth-order valence-corrected chi connectivity index (χ4v) is 2.79. The number of halogens is 1.